The van der Waals surface area contributed by atoms with Gasteiger partial charge in [0.25, 0.3) is 5.56 Å². The SMILES string of the molecule is CCCc1nn(C)c(N)c1-c1nc2ccccc2c(=O)[nH]1. The molecule has 108 valence electrons. The van der Waals surface area contributed by atoms with Gasteiger partial charge in [-0.3, -0.25) is 9.48 Å². The van der Waals surface area contributed by atoms with Crippen LogP contribution in [0, 0.1) is 0 Å². The van der Waals surface area contributed by atoms with Crippen LogP contribution in [-0.2, 0) is 13.5 Å². The number of hydrogen-bond donors (Lipinski definition) is 2. The van der Waals surface area contributed by atoms with Crippen LogP contribution in [-0.4, -0.2) is 19.7 Å². The number of para-hydroxylation sites is 1. The number of nitrogens with zero attached hydrogens (tertiary/aromatic N) is 3. The van der Waals surface area contributed by atoms with Gasteiger partial charge in [0, 0.05) is 7.05 Å². The number of nitrogens with two attached hydrogens (primary N) is 1. The number of fused-ring (bicyclic) bond motifs is 1. The lowest BCUT2D eigenvalue weighted by molar-refractivity contribution is 0.741. The molecule has 0 bridgehead atoms. The number of aryl methyl sites for hydroxylation is 2. The van der Waals surface area contributed by atoms with Crippen molar-refractivity contribution in [3.05, 3.63) is 40.3 Å². The summed E-state index contributed by atoms with van der Waals surface area (Å²) in [5.74, 6) is 0.990. The van der Waals surface area contributed by atoms with E-state index in [1.54, 1.807) is 17.8 Å². The average molecular weight is 283 g/mol. The zero-order chi connectivity index (χ0) is 15.0. The molecular weight excluding hydrogens is 266 g/mol. The average Bonchev–Trinajstić information content (AvgIpc) is 2.74. The van der Waals surface area contributed by atoms with Crippen LogP contribution in [0.5, 0.6) is 0 Å². The van der Waals surface area contributed by atoms with Gasteiger partial charge < -0.3 is 10.7 Å². The number of aromatic nitrogens is 4. The van der Waals surface area contributed by atoms with E-state index in [9.17, 15) is 4.79 Å². The highest BCUT2D eigenvalue weighted by Crippen LogP contribution is 2.27. The van der Waals surface area contributed by atoms with Crippen LogP contribution < -0.4 is 11.3 Å². The second kappa shape index (κ2) is 5.05. The van der Waals surface area contributed by atoms with Gasteiger partial charge in [-0.05, 0) is 18.6 Å². The Hall–Kier alpha value is -2.63. The molecule has 0 saturated carbocycles. The van der Waals surface area contributed by atoms with Crippen molar-refractivity contribution in [2.45, 2.75) is 19.8 Å². The zero-order valence-corrected chi connectivity index (χ0v) is 12.1. The Morgan fingerprint density at radius 1 is 1.33 bits per heavy atom. The van der Waals surface area contributed by atoms with Crippen molar-refractivity contribution < 1.29 is 0 Å². The summed E-state index contributed by atoms with van der Waals surface area (Å²) in [7, 11) is 1.79. The van der Waals surface area contributed by atoms with Crippen molar-refractivity contribution in [2.24, 2.45) is 7.05 Å². The van der Waals surface area contributed by atoms with Crippen molar-refractivity contribution in [1.29, 1.82) is 0 Å². The molecule has 0 saturated heterocycles. The lowest BCUT2D eigenvalue weighted by Gasteiger charge is -2.04. The molecule has 1 aromatic carbocycles. The largest absolute Gasteiger partial charge is 0.383 e. The van der Waals surface area contributed by atoms with Crippen LogP contribution in [0.4, 0.5) is 5.82 Å². The van der Waals surface area contributed by atoms with E-state index in [4.69, 9.17) is 5.73 Å². The maximum atomic E-state index is 12.2. The molecule has 6 nitrogen and oxygen atoms in total. The van der Waals surface area contributed by atoms with E-state index in [-0.39, 0.29) is 5.56 Å². The predicted molar refractivity (Wildman–Crippen MR) is 83.0 cm³/mol. The highest BCUT2D eigenvalue weighted by Gasteiger charge is 2.18. The maximum absolute atomic E-state index is 12.2. The number of rotatable bonds is 3. The van der Waals surface area contributed by atoms with Crippen molar-refractivity contribution in [2.75, 3.05) is 5.73 Å². The molecule has 0 aliphatic carbocycles. The minimum Gasteiger partial charge on any atom is -0.383 e. The van der Waals surface area contributed by atoms with Gasteiger partial charge in [-0.15, -0.1) is 0 Å². The fourth-order valence-corrected chi connectivity index (χ4v) is 2.47. The molecule has 0 radical (unpaired) electrons. The minimum atomic E-state index is -0.165. The standard InChI is InChI=1S/C15H17N5O/c1-3-6-11-12(13(16)20(2)19-11)14-17-10-8-5-4-7-9(10)15(21)18-14/h4-5,7-8H,3,6,16H2,1-2H3,(H,17,18,21). The van der Waals surface area contributed by atoms with Gasteiger partial charge in [0.2, 0.25) is 0 Å². The Bertz CT molecular complexity index is 862. The van der Waals surface area contributed by atoms with Crippen LogP contribution in [0.25, 0.3) is 22.3 Å². The molecule has 0 aliphatic rings. The van der Waals surface area contributed by atoms with Gasteiger partial charge in [0.15, 0.2) is 0 Å². The first-order valence-electron chi connectivity index (χ1n) is 6.92. The van der Waals surface area contributed by atoms with Gasteiger partial charge in [0.05, 0.1) is 22.2 Å². The summed E-state index contributed by atoms with van der Waals surface area (Å²) in [6, 6.07) is 7.25. The predicted octanol–water partition coefficient (Wildman–Crippen LogP) is 1.86. The molecule has 0 atom stereocenters. The summed E-state index contributed by atoms with van der Waals surface area (Å²) >= 11 is 0. The number of nitrogen functional groups attached to an aromatic ring is 1. The number of hydrogen-bond acceptors (Lipinski definition) is 4. The molecule has 6 heteroatoms. The molecule has 3 N–H and O–H groups in total. The third-order valence-electron chi connectivity index (χ3n) is 3.50. The van der Waals surface area contributed by atoms with Gasteiger partial charge in [-0.2, -0.15) is 5.10 Å². The molecule has 3 aromatic rings. The summed E-state index contributed by atoms with van der Waals surface area (Å²) in [5.41, 5.74) is 8.17. The van der Waals surface area contributed by atoms with Crippen molar-refractivity contribution in [1.82, 2.24) is 19.7 Å². The monoisotopic (exact) mass is 283 g/mol. The molecule has 3 rings (SSSR count). The van der Waals surface area contributed by atoms with Crippen LogP contribution in [0.3, 0.4) is 0 Å². The lowest BCUT2D eigenvalue weighted by Crippen LogP contribution is -2.10. The summed E-state index contributed by atoms with van der Waals surface area (Å²) in [4.78, 5) is 19.6. The first kappa shape index (κ1) is 13.4. The molecule has 0 amide bonds. The van der Waals surface area contributed by atoms with Gasteiger partial charge in [-0.1, -0.05) is 25.5 Å². The summed E-state index contributed by atoms with van der Waals surface area (Å²) in [6.45, 7) is 2.07. The second-order valence-corrected chi connectivity index (χ2v) is 5.01. The lowest BCUT2D eigenvalue weighted by atomic mass is 10.1. The Balaban J connectivity index is 2.28. The van der Waals surface area contributed by atoms with Crippen molar-refractivity contribution >= 4 is 16.7 Å². The molecule has 0 unspecified atom stereocenters. The fraction of sp³-hybridized carbons (Fsp3) is 0.267. The van der Waals surface area contributed by atoms with E-state index >= 15 is 0 Å². The first-order chi connectivity index (χ1) is 10.1. The van der Waals surface area contributed by atoms with Gasteiger partial charge in [0.1, 0.15) is 11.6 Å². The van der Waals surface area contributed by atoms with E-state index in [1.807, 2.05) is 18.2 Å². The second-order valence-electron chi connectivity index (χ2n) is 5.01. The smallest absolute Gasteiger partial charge is 0.259 e. The summed E-state index contributed by atoms with van der Waals surface area (Å²) < 4.78 is 1.62. The van der Waals surface area contributed by atoms with Crippen molar-refractivity contribution in [3.8, 4) is 11.4 Å². The van der Waals surface area contributed by atoms with Crippen LogP contribution in [0.2, 0.25) is 0 Å². The molecule has 0 aliphatic heterocycles. The molecule has 2 aromatic heterocycles. The number of H-pyrrole nitrogens is 1. The van der Waals surface area contributed by atoms with E-state index in [2.05, 4.69) is 22.0 Å². The molecule has 2 heterocycles. The fourth-order valence-electron chi connectivity index (χ4n) is 2.47. The normalized spacial score (nSPS) is 11.1. The highest BCUT2D eigenvalue weighted by atomic mass is 16.1. The Kier molecular flexibility index (Phi) is 3.21. The molecular formula is C15H17N5O. The number of nitrogens with one attached hydrogen (secondary N) is 1. The van der Waals surface area contributed by atoms with Gasteiger partial charge >= 0.3 is 0 Å². The van der Waals surface area contributed by atoms with E-state index in [1.165, 1.54) is 0 Å². The topological polar surface area (TPSA) is 89.6 Å². The van der Waals surface area contributed by atoms with Crippen molar-refractivity contribution in [3.63, 3.8) is 0 Å². The maximum Gasteiger partial charge on any atom is 0.259 e. The zero-order valence-electron chi connectivity index (χ0n) is 12.1. The van der Waals surface area contributed by atoms with Crippen LogP contribution in [0.1, 0.15) is 19.0 Å². The number of anilines is 1. The highest BCUT2D eigenvalue weighted by molar-refractivity contribution is 5.81. The number of benzene rings is 1. The third kappa shape index (κ3) is 2.18. The summed E-state index contributed by atoms with van der Waals surface area (Å²) in [5, 5.41) is 4.99. The van der Waals surface area contributed by atoms with E-state index < -0.39 is 0 Å². The first-order valence-corrected chi connectivity index (χ1v) is 6.92. The Morgan fingerprint density at radius 3 is 2.86 bits per heavy atom. The molecule has 21 heavy (non-hydrogen) atoms. The summed E-state index contributed by atoms with van der Waals surface area (Å²) in [6.07, 6.45) is 1.73. The van der Waals surface area contributed by atoms with Crippen LogP contribution in [0.15, 0.2) is 29.1 Å². The van der Waals surface area contributed by atoms with E-state index in [0.717, 1.165) is 24.1 Å². The van der Waals surface area contributed by atoms with Crippen LogP contribution >= 0.6 is 0 Å². The quantitative estimate of drug-likeness (QED) is 0.767. The Labute approximate surface area is 121 Å². The number of aromatic amines is 1. The minimum absolute atomic E-state index is 0.165. The van der Waals surface area contributed by atoms with E-state index in [0.29, 0.717) is 22.5 Å². The van der Waals surface area contributed by atoms with Gasteiger partial charge in [-0.25, -0.2) is 4.98 Å². The molecule has 0 fully saturated rings. The third-order valence-corrected chi connectivity index (χ3v) is 3.50. The molecule has 0 spiro atoms. The Morgan fingerprint density at radius 2 is 2.10 bits per heavy atom.